The minimum atomic E-state index is -0.187. The minimum absolute atomic E-state index is 0.187. The lowest BCUT2D eigenvalue weighted by molar-refractivity contribution is 0.485. The molecule has 0 unspecified atom stereocenters. The Labute approximate surface area is 103 Å². The molecule has 0 atom stereocenters. The van der Waals surface area contributed by atoms with Crippen LogP contribution >= 0.6 is 0 Å². The number of hydrogen-bond donors (Lipinski definition) is 1. The number of hydrogen-bond acceptors (Lipinski definition) is 3. The third-order valence-electron chi connectivity index (χ3n) is 2.57. The molecule has 2 aromatic heterocycles. The molecule has 4 nitrogen and oxygen atoms in total. The van der Waals surface area contributed by atoms with E-state index in [1.54, 1.807) is 24.5 Å². The van der Waals surface area contributed by atoms with Crippen LogP contribution in [0.5, 0.6) is 11.5 Å². The van der Waals surface area contributed by atoms with E-state index in [0.717, 1.165) is 10.9 Å². The first kappa shape index (κ1) is 10.5. The normalized spacial score (nSPS) is 10.4. The van der Waals surface area contributed by atoms with Gasteiger partial charge in [0.15, 0.2) is 0 Å². The van der Waals surface area contributed by atoms with Crippen LogP contribution in [-0.2, 0) is 0 Å². The molecule has 2 heterocycles. The molecule has 0 saturated heterocycles. The fraction of sp³-hybridized carbons (Fsp3) is 0. The van der Waals surface area contributed by atoms with E-state index < -0.39 is 0 Å². The van der Waals surface area contributed by atoms with Crippen molar-refractivity contribution in [3.8, 4) is 11.5 Å². The summed E-state index contributed by atoms with van der Waals surface area (Å²) in [6, 6.07) is 12.5. The monoisotopic (exact) mass is 238 g/mol. The molecular formula is C14H10N2O2. The number of ether oxygens (including phenoxy) is 1. The van der Waals surface area contributed by atoms with Crippen LogP contribution in [0.3, 0.4) is 0 Å². The second-order valence-electron chi connectivity index (χ2n) is 3.83. The average Bonchev–Trinajstić information content (AvgIpc) is 2.40. The van der Waals surface area contributed by atoms with Crippen LogP contribution in [0, 0.1) is 0 Å². The van der Waals surface area contributed by atoms with Gasteiger partial charge in [-0.15, -0.1) is 0 Å². The van der Waals surface area contributed by atoms with E-state index in [1.807, 2.05) is 24.3 Å². The number of nitrogens with zero attached hydrogens (tertiary/aromatic N) is 1. The highest BCUT2D eigenvalue weighted by atomic mass is 16.5. The Balaban J connectivity index is 2.14. The van der Waals surface area contributed by atoms with Crippen LogP contribution in [0.2, 0.25) is 0 Å². The van der Waals surface area contributed by atoms with Gasteiger partial charge < -0.3 is 9.72 Å². The Morgan fingerprint density at radius 1 is 1.11 bits per heavy atom. The van der Waals surface area contributed by atoms with Crippen molar-refractivity contribution in [3.05, 3.63) is 65.2 Å². The summed E-state index contributed by atoms with van der Waals surface area (Å²) in [5.41, 5.74) is 0.566. The highest BCUT2D eigenvalue weighted by Crippen LogP contribution is 2.26. The van der Waals surface area contributed by atoms with E-state index in [2.05, 4.69) is 9.97 Å². The predicted octanol–water partition coefficient (Wildman–Crippen LogP) is 2.72. The molecular weight excluding hydrogens is 228 g/mol. The molecule has 1 aromatic carbocycles. The third-order valence-corrected chi connectivity index (χ3v) is 2.57. The molecule has 88 valence electrons. The topological polar surface area (TPSA) is 55.0 Å². The largest absolute Gasteiger partial charge is 0.455 e. The summed E-state index contributed by atoms with van der Waals surface area (Å²) in [6.45, 7) is 0. The summed E-state index contributed by atoms with van der Waals surface area (Å²) in [7, 11) is 0. The Hall–Kier alpha value is -2.62. The molecule has 0 saturated carbocycles. The van der Waals surface area contributed by atoms with Crippen molar-refractivity contribution < 1.29 is 4.74 Å². The number of H-pyrrole nitrogens is 1. The first-order chi connectivity index (χ1) is 8.83. The molecule has 1 N–H and O–H groups in total. The molecule has 3 rings (SSSR count). The van der Waals surface area contributed by atoms with Gasteiger partial charge in [-0.2, -0.15) is 0 Å². The Bertz CT molecular complexity index is 735. The van der Waals surface area contributed by atoms with Crippen molar-refractivity contribution >= 4 is 10.9 Å². The van der Waals surface area contributed by atoms with Crippen molar-refractivity contribution in [3.63, 3.8) is 0 Å². The minimum Gasteiger partial charge on any atom is -0.455 e. The number of benzene rings is 1. The van der Waals surface area contributed by atoms with Gasteiger partial charge in [-0.05, 0) is 24.3 Å². The van der Waals surface area contributed by atoms with Crippen molar-refractivity contribution in [2.45, 2.75) is 0 Å². The SMILES string of the molecule is O=c1cc(Oc2cccnc2)c2ccccc2[nH]1. The smallest absolute Gasteiger partial charge is 0.252 e. The summed E-state index contributed by atoms with van der Waals surface area (Å²) in [6.07, 6.45) is 3.28. The van der Waals surface area contributed by atoms with Crippen molar-refractivity contribution in [1.29, 1.82) is 0 Å². The molecule has 0 aliphatic carbocycles. The number of aromatic nitrogens is 2. The highest BCUT2D eigenvalue weighted by Gasteiger charge is 2.05. The van der Waals surface area contributed by atoms with Gasteiger partial charge in [0.25, 0.3) is 5.56 Å². The predicted molar refractivity (Wildman–Crippen MR) is 68.9 cm³/mol. The molecule has 0 aliphatic heterocycles. The van der Waals surface area contributed by atoms with Crippen molar-refractivity contribution in [1.82, 2.24) is 9.97 Å². The van der Waals surface area contributed by atoms with Crippen LogP contribution in [-0.4, -0.2) is 9.97 Å². The van der Waals surface area contributed by atoms with Crippen LogP contribution in [0.25, 0.3) is 10.9 Å². The summed E-state index contributed by atoms with van der Waals surface area (Å²) < 4.78 is 5.69. The summed E-state index contributed by atoms with van der Waals surface area (Å²) >= 11 is 0. The number of rotatable bonds is 2. The zero-order valence-corrected chi connectivity index (χ0v) is 9.46. The molecule has 0 spiro atoms. The van der Waals surface area contributed by atoms with E-state index in [0.29, 0.717) is 11.5 Å². The number of para-hydroxylation sites is 1. The first-order valence-corrected chi connectivity index (χ1v) is 5.53. The van der Waals surface area contributed by atoms with Gasteiger partial charge in [-0.3, -0.25) is 9.78 Å². The lowest BCUT2D eigenvalue weighted by Gasteiger charge is -2.07. The van der Waals surface area contributed by atoms with Crippen molar-refractivity contribution in [2.24, 2.45) is 0 Å². The van der Waals surface area contributed by atoms with Gasteiger partial charge in [0.1, 0.15) is 11.5 Å². The zero-order valence-electron chi connectivity index (χ0n) is 9.46. The quantitative estimate of drug-likeness (QED) is 0.746. The Kier molecular flexibility index (Phi) is 2.53. The molecule has 3 aromatic rings. The lowest BCUT2D eigenvalue weighted by Crippen LogP contribution is -2.04. The standard InChI is InChI=1S/C14H10N2O2/c17-14-8-13(18-10-4-3-7-15-9-10)11-5-1-2-6-12(11)16-14/h1-9H,(H,16,17). The summed E-state index contributed by atoms with van der Waals surface area (Å²) in [4.78, 5) is 18.3. The molecule has 0 radical (unpaired) electrons. The van der Waals surface area contributed by atoms with Crippen LogP contribution in [0.15, 0.2) is 59.7 Å². The van der Waals surface area contributed by atoms with E-state index in [9.17, 15) is 4.79 Å². The number of pyridine rings is 2. The maximum absolute atomic E-state index is 11.5. The Morgan fingerprint density at radius 3 is 2.83 bits per heavy atom. The molecule has 0 fully saturated rings. The van der Waals surface area contributed by atoms with Gasteiger partial charge in [-0.25, -0.2) is 0 Å². The number of fused-ring (bicyclic) bond motifs is 1. The van der Waals surface area contributed by atoms with Crippen LogP contribution in [0.4, 0.5) is 0 Å². The van der Waals surface area contributed by atoms with E-state index in [-0.39, 0.29) is 5.56 Å². The maximum Gasteiger partial charge on any atom is 0.252 e. The zero-order chi connectivity index (χ0) is 12.4. The Morgan fingerprint density at radius 2 is 2.00 bits per heavy atom. The number of aromatic amines is 1. The molecule has 0 bridgehead atoms. The van der Waals surface area contributed by atoms with Crippen LogP contribution in [0.1, 0.15) is 0 Å². The highest BCUT2D eigenvalue weighted by molar-refractivity contribution is 5.84. The second-order valence-corrected chi connectivity index (χ2v) is 3.83. The van der Waals surface area contributed by atoms with Gasteiger partial charge in [0.2, 0.25) is 0 Å². The molecule has 18 heavy (non-hydrogen) atoms. The van der Waals surface area contributed by atoms with Crippen LogP contribution < -0.4 is 10.3 Å². The van der Waals surface area contributed by atoms with Crippen molar-refractivity contribution in [2.75, 3.05) is 0 Å². The fourth-order valence-corrected chi connectivity index (χ4v) is 1.79. The van der Waals surface area contributed by atoms with E-state index in [1.165, 1.54) is 6.07 Å². The lowest BCUT2D eigenvalue weighted by atomic mass is 10.2. The summed E-state index contributed by atoms with van der Waals surface area (Å²) in [5, 5.41) is 0.862. The van der Waals surface area contributed by atoms with Gasteiger partial charge >= 0.3 is 0 Å². The first-order valence-electron chi connectivity index (χ1n) is 5.53. The fourth-order valence-electron chi connectivity index (χ4n) is 1.79. The average molecular weight is 238 g/mol. The molecule has 0 amide bonds. The maximum atomic E-state index is 11.5. The molecule has 0 aliphatic rings. The van der Waals surface area contributed by atoms with Gasteiger partial charge in [0, 0.05) is 17.6 Å². The number of nitrogens with one attached hydrogen (secondary N) is 1. The third kappa shape index (κ3) is 1.96. The van der Waals surface area contributed by atoms with Gasteiger partial charge in [-0.1, -0.05) is 12.1 Å². The summed E-state index contributed by atoms with van der Waals surface area (Å²) in [5.74, 6) is 1.13. The van der Waals surface area contributed by atoms with E-state index >= 15 is 0 Å². The van der Waals surface area contributed by atoms with Gasteiger partial charge in [0.05, 0.1) is 11.7 Å². The second kappa shape index (κ2) is 4.33. The molecule has 4 heteroatoms. The van der Waals surface area contributed by atoms with E-state index in [4.69, 9.17) is 4.74 Å².